The molecule has 1 aromatic heterocycles. The Balaban J connectivity index is 3.37. The highest BCUT2D eigenvalue weighted by Crippen LogP contribution is 2.08. The number of nitrogens with two attached hydrogens (primary N) is 1. The van der Waals surface area contributed by atoms with Crippen molar-refractivity contribution < 1.29 is 8.42 Å². The van der Waals surface area contributed by atoms with Crippen molar-refractivity contribution in [2.45, 2.75) is 11.8 Å². The number of sulfonamides is 1. The highest BCUT2D eigenvalue weighted by Gasteiger charge is 2.09. The van der Waals surface area contributed by atoms with Crippen molar-refractivity contribution in [1.29, 1.82) is 0 Å². The van der Waals surface area contributed by atoms with Crippen LogP contribution in [0.4, 0.5) is 0 Å². The summed E-state index contributed by atoms with van der Waals surface area (Å²) in [4.78, 5) is 3.87. The van der Waals surface area contributed by atoms with Crippen molar-refractivity contribution in [3.05, 3.63) is 24.0 Å². The molecule has 1 aromatic rings. The Labute approximate surface area is 65.1 Å². The van der Waals surface area contributed by atoms with Gasteiger partial charge in [-0.15, -0.1) is 0 Å². The van der Waals surface area contributed by atoms with Gasteiger partial charge in [-0.2, -0.15) is 0 Å². The third-order valence-corrected chi connectivity index (χ3v) is 2.31. The van der Waals surface area contributed by atoms with E-state index in [0.717, 1.165) is 0 Å². The van der Waals surface area contributed by atoms with Crippen LogP contribution in [-0.2, 0) is 10.0 Å². The third-order valence-electron chi connectivity index (χ3n) is 1.26. The molecule has 0 saturated carbocycles. The van der Waals surface area contributed by atoms with Gasteiger partial charge in [-0.05, 0) is 19.1 Å². The fourth-order valence-electron chi connectivity index (χ4n) is 0.770. The van der Waals surface area contributed by atoms with Crippen molar-refractivity contribution in [2.24, 2.45) is 5.14 Å². The van der Waals surface area contributed by atoms with Crippen LogP contribution < -0.4 is 5.14 Å². The molecule has 60 valence electrons. The summed E-state index contributed by atoms with van der Waals surface area (Å²) in [6, 6.07) is 2.96. The Morgan fingerprint density at radius 1 is 1.55 bits per heavy atom. The predicted molar refractivity (Wildman–Crippen MR) is 40.3 cm³/mol. The largest absolute Gasteiger partial charge is 0.260 e. The summed E-state index contributed by atoms with van der Waals surface area (Å²) >= 11 is 0. The molecule has 5 heteroatoms. The van der Waals surface area contributed by atoms with Gasteiger partial charge in [0.15, 0.2) is 0 Å². The van der Waals surface area contributed by atoms with Crippen LogP contribution in [0, 0.1) is 6.92 Å². The molecule has 4 nitrogen and oxygen atoms in total. The maximum Gasteiger partial charge on any atom is 0.239 e. The molecule has 0 saturated heterocycles. The summed E-state index contributed by atoms with van der Waals surface area (Å²) in [5.74, 6) is 0. The van der Waals surface area contributed by atoms with E-state index in [1.54, 1.807) is 6.92 Å². The van der Waals surface area contributed by atoms with Gasteiger partial charge in [-0.3, -0.25) is 4.98 Å². The molecule has 0 fully saturated rings. The maximum absolute atomic E-state index is 10.8. The van der Waals surface area contributed by atoms with Gasteiger partial charge in [0.05, 0.1) is 5.69 Å². The number of aromatic nitrogens is 1. The molecule has 2 N–H and O–H groups in total. The predicted octanol–water partition coefficient (Wildman–Crippen LogP) is 0.0374. The van der Waals surface area contributed by atoms with Gasteiger partial charge in [0, 0.05) is 6.20 Å². The SMILES string of the molecule is Cc1ncccc1S(N)(=O)=O. The molecule has 0 bridgehead atoms. The minimum atomic E-state index is -3.60. The Morgan fingerprint density at radius 3 is 2.55 bits per heavy atom. The molecule has 0 aliphatic carbocycles. The molecule has 0 aliphatic heterocycles. The maximum atomic E-state index is 10.8. The lowest BCUT2D eigenvalue weighted by Gasteiger charge is -1.99. The van der Waals surface area contributed by atoms with E-state index in [1.807, 2.05) is 0 Å². The highest BCUT2D eigenvalue weighted by atomic mass is 32.2. The Kier molecular flexibility index (Phi) is 1.92. The molecule has 0 radical (unpaired) electrons. The van der Waals surface area contributed by atoms with Gasteiger partial charge in [-0.25, -0.2) is 13.6 Å². The van der Waals surface area contributed by atoms with Crippen LogP contribution in [0.3, 0.4) is 0 Å². The molecule has 11 heavy (non-hydrogen) atoms. The number of hydrogen-bond acceptors (Lipinski definition) is 3. The van der Waals surface area contributed by atoms with Crippen molar-refractivity contribution in [3.8, 4) is 0 Å². The topological polar surface area (TPSA) is 73.0 Å². The number of rotatable bonds is 1. The standard InChI is InChI=1S/C6H8N2O2S/c1-5-6(11(7,9)10)3-2-4-8-5/h2-4H,1H3,(H2,7,9,10). The van der Waals surface area contributed by atoms with Crippen LogP contribution >= 0.6 is 0 Å². The fourth-order valence-corrected chi connectivity index (χ4v) is 1.50. The lowest BCUT2D eigenvalue weighted by Crippen LogP contribution is -2.13. The van der Waals surface area contributed by atoms with Gasteiger partial charge < -0.3 is 0 Å². The number of hydrogen-bond donors (Lipinski definition) is 1. The number of pyridine rings is 1. The lowest BCUT2D eigenvalue weighted by atomic mass is 10.4. The van der Waals surface area contributed by atoms with Gasteiger partial charge in [0.1, 0.15) is 4.90 Å². The molecule has 0 unspecified atom stereocenters. The minimum absolute atomic E-state index is 0.0833. The second kappa shape index (κ2) is 2.60. The van der Waals surface area contributed by atoms with E-state index >= 15 is 0 Å². The lowest BCUT2D eigenvalue weighted by molar-refractivity contribution is 0.596. The highest BCUT2D eigenvalue weighted by molar-refractivity contribution is 7.89. The van der Waals surface area contributed by atoms with Crippen molar-refractivity contribution >= 4 is 10.0 Å². The quantitative estimate of drug-likeness (QED) is 0.649. The average molecular weight is 172 g/mol. The Hall–Kier alpha value is -0.940. The van der Waals surface area contributed by atoms with E-state index in [9.17, 15) is 8.42 Å². The van der Waals surface area contributed by atoms with Crippen molar-refractivity contribution in [2.75, 3.05) is 0 Å². The first-order valence-electron chi connectivity index (χ1n) is 2.96. The van der Waals surface area contributed by atoms with E-state index < -0.39 is 10.0 Å². The smallest absolute Gasteiger partial charge is 0.239 e. The summed E-state index contributed by atoms with van der Waals surface area (Å²) < 4.78 is 21.6. The number of aryl methyl sites for hydroxylation is 1. The molecule has 1 rings (SSSR count). The van der Waals surface area contributed by atoms with Crippen LogP contribution in [0.5, 0.6) is 0 Å². The first-order chi connectivity index (χ1) is 5.02. The van der Waals surface area contributed by atoms with Gasteiger partial charge in [-0.1, -0.05) is 0 Å². The van der Waals surface area contributed by atoms with Gasteiger partial charge in [0.2, 0.25) is 10.0 Å². The van der Waals surface area contributed by atoms with E-state index in [0.29, 0.717) is 5.69 Å². The molecule has 0 aromatic carbocycles. The zero-order valence-electron chi connectivity index (χ0n) is 5.98. The Bertz CT molecular complexity index is 359. The summed E-state index contributed by atoms with van der Waals surface area (Å²) in [5.41, 5.74) is 0.426. The zero-order chi connectivity index (χ0) is 8.48. The van der Waals surface area contributed by atoms with Crippen LogP contribution in [0.15, 0.2) is 23.2 Å². The van der Waals surface area contributed by atoms with Gasteiger partial charge in [0.25, 0.3) is 0 Å². The van der Waals surface area contributed by atoms with Crippen LogP contribution in [0.2, 0.25) is 0 Å². The van der Waals surface area contributed by atoms with Crippen LogP contribution in [-0.4, -0.2) is 13.4 Å². The molecule has 0 aliphatic rings. The van der Waals surface area contributed by atoms with Crippen molar-refractivity contribution in [1.82, 2.24) is 4.98 Å². The second-order valence-electron chi connectivity index (χ2n) is 2.13. The molecular weight excluding hydrogens is 164 g/mol. The van der Waals surface area contributed by atoms with E-state index in [1.165, 1.54) is 18.3 Å². The molecule has 0 spiro atoms. The fraction of sp³-hybridized carbons (Fsp3) is 0.167. The second-order valence-corrected chi connectivity index (χ2v) is 3.66. The molecule has 0 atom stereocenters. The van der Waals surface area contributed by atoms with E-state index in [4.69, 9.17) is 5.14 Å². The van der Waals surface area contributed by atoms with Crippen molar-refractivity contribution in [3.63, 3.8) is 0 Å². The molecule has 0 amide bonds. The van der Waals surface area contributed by atoms with E-state index in [-0.39, 0.29) is 4.90 Å². The van der Waals surface area contributed by atoms with Crippen LogP contribution in [0.25, 0.3) is 0 Å². The number of primary sulfonamides is 1. The van der Waals surface area contributed by atoms with E-state index in [2.05, 4.69) is 4.98 Å². The minimum Gasteiger partial charge on any atom is -0.260 e. The average Bonchev–Trinajstić information content (AvgIpc) is 1.86. The summed E-state index contributed by atoms with van der Waals surface area (Å²) in [6.45, 7) is 1.60. The monoisotopic (exact) mass is 172 g/mol. The van der Waals surface area contributed by atoms with Crippen LogP contribution in [0.1, 0.15) is 5.69 Å². The molecule has 1 heterocycles. The summed E-state index contributed by atoms with van der Waals surface area (Å²) in [6.07, 6.45) is 1.52. The van der Waals surface area contributed by atoms with Gasteiger partial charge >= 0.3 is 0 Å². The number of nitrogens with zero attached hydrogens (tertiary/aromatic N) is 1. The first kappa shape index (κ1) is 8.16. The normalized spacial score (nSPS) is 11.5. The zero-order valence-corrected chi connectivity index (χ0v) is 6.80. The summed E-state index contributed by atoms with van der Waals surface area (Å²) in [7, 11) is -3.60. The summed E-state index contributed by atoms with van der Waals surface area (Å²) in [5, 5.41) is 4.89. The third kappa shape index (κ3) is 1.75. The molecular formula is C6H8N2O2S. The first-order valence-corrected chi connectivity index (χ1v) is 4.51. The Morgan fingerprint density at radius 2 is 2.18 bits per heavy atom.